The third-order valence-electron chi connectivity index (χ3n) is 5.35. The predicted octanol–water partition coefficient (Wildman–Crippen LogP) is 2.91. The molecule has 0 saturated carbocycles. The Morgan fingerprint density at radius 2 is 1.89 bits per heavy atom. The fraction of sp³-hybridized carbons (Fsp3) is 0.417. The maximum Gasteiger partial charge on any atom is 0.307 e. The summed E-state index contributed by atoms with van der Waals surface area (Å²) in [6, 6.07) is 6.20. The van der Waals surface area contributed by atoms with Crippen molar-refractivity contribution >= 4 is 27.0 Å². The molecule has 0 aliphatic rings. The minimum absolute atomic E-state index is 0.0231. The fourth-order valence-electron chi connectivity index (χ4n) is 3.61. The highest BCUT2D eigenvalue weighted by molar-refractivity contribution is 7.89. The lowest BCUT2D eigenvalue weighted by molar-refractivity contribution is -0.143. The van der Waals surface area contributed by atoms with E-state index in [4.69, 9.17) is 9.47 Å². The second kappa shape index (κ2) is 11.4. The molecule has 2 aromatic heterocycles. The smallest absolute Gasteiger partial charge is 0.307 e. The number of hydrogen-bond donors (Lipinski definition) is 1. The van der Waals surface area contributed by atoms with Crippen molar-refractivity contribution in [1.29, 1.82) is 0 Å². The average Bonchev–Trinajstić information content (AvgIpc) is 2.83. The van der Waals surface area contributed by atoms with Gasteiger partial charge in [-0.2, -0.15) is 0 Å². The van der Waals surface area contributed by atoms with Crippen LogP contribution in [0.1, 0.15) is 39.2 Å². The summed E-state index contributed by atoms with van der Waals surface area (Å²) >= 11 is 0. The van der Waals surface area contributed by atoms with Gasteiger partial charge in [0.2, 0.25) is 10.0 Å². The van der Waals surface area contributed by atoms with Crippen LogP contribution in [0.5, 0.6) is 5.75 Å². The van der Waals surface area contributed by atoms with E-state index in [1.807, 2.05) is 13.0 Å². The molecular formula is C24H30N4O6S. The molecule has 11 heteroatoms. The molecule has 0 aliphatic heterocycles. The number of carbonyl (C=O) groups excluding carboxylic acids is 1. The second-order valence-electron chi connectivity index (χ2n) is 7.80. The number of fused-ring (bicyclic) bond motifs is 1. The van der Waals surface area contributed by atoms with Crippen LogP contribution in [0.4, 0.5) is 0 Å². The number of ether oxygens (including phenoxy) is 2. The standard InChI is InChI=1S/C24H30N4O6S/c1-5-8-16-11-13-25-22-21(16)26-23(27-24(22)30)18-15-17(9-10-19(18)33-6-2)35(31,32)28(4)14-12-20(29)34-7-3/h9-11,13,15H,5-8,12,14H2,1-4H3,(H,26,27,30). The molecule has 0 fully saturated rings. The van der Waals surface area contributed by atoms with Gasteiger partial charge in [0.25, 0.3) is 5.56 Å². The van der Waals surface area contributed by atoms with Crippen molar-refractivity contribution in [2.45, 2.75) is 44.9 Å². The van der Waals surface area contributed by atoms with Crippen molar-refractivity contribution in [3.63, 3.8) is 0 Å². The monoisotopic (exact) mass is 502 g/mol. The molecule has 35 heavy (non-hydrogen) atoms. The first-order chi connectivity index (χ1) is 16.7. The summed E-state index contributed by atoms with van der Waals surface area (Å²) in [5, 5.41) is 0. The molecule has 0 unspecified atom stereocenters. The molecule has 0 saturated heterocycles. The molecule has 0 bridgehead atoms. The number of esters is 1. The highest BCUT2D eigenvalue weighted by atomic mass is 32.2. The van der Waals surface area contributed by atoms with E-state index in [9.17, 15) is 18.0 Å². The zero-order valence-corrected chi connectivity index (χ0v) is 21.1. The molecule has 0 spiro atoms. The SMILES string of the molecule is CCCc1ccnc2c(=O)[nH]c(-c3cc(S(=O)(=O)N(C)CCC(=O)OCC)ccc3OCC)nc12. The Morgan fingerprint density at radius 1 is 1.11 bits per heavy atom. The number of carbonyl (C=O) groups is 1. The van der Waals surface area contributed by atoms with Gasteiger partial charge in [-0.1, -0.05) is 13.3 Å². The number of aryl methyl sites for hydroxylation is 1. The van der Waals surface area contributed by atoms with Crippen molar-refractivity contribution in [2.75, 3.05) is 26.8 Å². The summed E-state index contributed by atoms with van der Waals surface area (Å²) in [5.41, 5.74) is 1.48. The number of sulfonamides is 1. The molecule has 3 rings (SSSR count). The van der Waals surface area contributed by atoms with Gasteiger partial charge in [0.1, 0.15) is 17.1 Å². The fourth-order valence-corrected chi connectivity index (χ4v) is 4.81. The number of rotatable bonds is 11. The zero-order valence-electron chi connectivity index (χ0n) is 20.3. The van der Waals surface area contributed by atoms with Gasteiger partial charge in [-0.05, 0) is 50.1 Å². The highest BCUT2D eigenvalue weighted by Gasteiger charge is 2.24. The van der Waals surface area contributed by atoms with Crippen LogP contribution in [0, 0.1) is 0 Å². The maximum absolute atomic E-state index is 13.2. The Labute approximate surface area is 204 Å². The van der Waals surface area contributed by atoms with Crippen LogP contribution in [0.2, 0.25) is 0 Å². The van der Waals surface area contributed by atoms with Crippen molar-refractivity contribution in [1.82, 2.24) is 19.3 Å². The lowest BCUT2D eigenvalue weighted by atomic mass is 10.1. The van der Waals surface area contributed by atoms with Gasteiger partial charge in [-0.3, -0.25) is 9.59 Å². The molecule has 0 aliphatic carbocycles. The average molecular weight is 503 g/mol. The summed E-state index contributed by atoms with van der Waals surface area (Å²) in [7, 11) is -2.55. The van der Waals surface area contributed by atoms with Gasteiger partial charge >= 0.3 is 5.97 Å². The normalized spacial score (nSPS) is 11.7. The molecule has 2 heterocycles. The van der Waals surface area contributed by atoms with Gasteiger partial charge in [0.05, 0.1) is 30.1 Å². The number of benzene rings is 1. The molecule has 10 nitrogen and oxygen atoms in total. The number of aromatic amines is 1. The number of nitrogens with one attached hydrogen (secondary N) is 1. The Hall–Kier alpha value is -3.31. The van der Waals surface area contributed by atoms with E-state index < -0.39 is 21.6 Å². The van der Waals surface area contributed by atoms with E-state index >= 15 is 0 Å². The Balaban J connectivity index is 2.09. The van der Waals surface area contributed by atoms with Crippen LogP contribution in [0.15, 0.2) is 40.2 Å². The topological polar surface area (TPSA) is 132 Å². The van der Waals surface area contributed by atoms with Gasteiger partial charge in [-0.25, -0.2) is 22.7 Å². The minimum Gasteiger partial charge on any atom is -0.493 e. The van der Waals surface area contributed by atoms with Gasteiger partial charge in [0, 0.05) is 19.8 Å². The first-order valence-electron chi connectivity index (χ1n) is 11.5. The van der Waals surface area contributed by atoms with Crippen LogP contribution in [-0.2, 0) is 26.0 Å². The summed E-state index contributed by atoms with van der Waals surface area (Å²) in [6.45, 7) is 6.04. The molecule has 1 aromatic carbocycles. The Bertz CT molecular complexity index is 1370. The number of nitrogens with zero attached hydrogens (tertiary/aromatic N) is 3. The molecule has 0 atom stereocenters. The van der Waals surface area contributed by atoms with Crippen LogP contribution < -0.4 is 10.3 Å². The van der Waals surface area contributed by atoms with Gasteiger partial charge in [0.15, 0.2) is 5.52 Å². The Kier molecular flexibility index (Phi) is 8.57. The van der Waals surface area contributed by atoms with Crippen LogP contribution >= 0.6 is 0 Å². The number of hydrogen-bond acceptors (Lipinski definition) is 8. The summed E-state index contributed by atoms with van der Waals surface area (Å²) in [4.78, 5) is 36.0. The summed E-state index contributed by atoms with van der Waals surface area (Å²) in [6.07, 6.45) is 3.08. The number of aromatic nitrogens is 3. The van der Waals surface area contributed by atoms with Gasteiger partial charge < -0.3 is 14.5 Å². The molecule has 188 valence electrons. The van der Waals surface area contributed by atoms with E-state index in [-0.39, 0.29) is 35.8 Å². The molecule has 0 radical (unpaired) electrons. The first-order valence-corrected chi connectivity index (χ1v) is 12.9. The van der Waals surface area contributed by atoms with Crippen LogP contribution in [-0.4, -0.2) is 60.5 Å². The van der Waals surface area contributed by atoms with E-state index in [0.717, 1.165) is 16.3 Å². The first kappa shape index (κ1) is 26.3. The number of pyridine rings is 1. The molecule has 0 amide bonds. The highest BCUT2D eigenvalue weighted by Crippen LogP contribution is 2.32. The second-order valence-corrected chi connectivity index (χ2v) is 9.85. The minimum atomic E-state index is -3.94. The largest absolute Gasteiger partial charge is 0.493 e. The quantitative estimate of drug-likeness (QED) is 0.396. The summed E-state index contributed by atoms with van der Waals surface area (Å²) < 4.78 is 38.1. The molecular weight excluding hydrogens is 472 g/mol. The van der Waals surface area contributed by atoms with E-state index in [1.54, 1.807) is 20.0 Å². The van der Waals surface area contributed by atoms with Crippen LogP contribution in [0.3, 0.4) is 0 Å². The summed E-state index contributed by atoms with van der Waals surface area (Å²) in [5.74, 6) is 0.0861. The zero-order chi connectivity index (χ0) is 25.6. The Morgan fingerprint density at radius 3 is 2.57 bits per heavy atom. The van der Waals surface area contributed by atoms with Gasteiger partial charge in [-0.15, -0.1) is 0 Å². The third kappa shape index (κ3) is 5.85. The lowest BCUT2D eigenvalue weighted by Crippen LogP contribution is -2.29. The predicted molar refractivity (Wildman–Crippen MR) is 132 cm³/mol. The maximum atomic E-state index is 13.2. The van der Waals surface area contributed by atoms with Crippen molar-refractivity contribution in [3.8, 4) is 17.1 Å². The van der Waals surface area contributed by atoms with E-state index in [1.165, 1.54) is 25.2 Å². The van der Waals surface area contributed by atoms with Crippen LogP contribution in [0.25, 0.3) is 22.4 Å². The number of H-pyrrole nitrogens is 1. The van der Waals surface area contributed by atoms with E-state index in [0.29, 0.717) is 29.9 Å². The molecule has 1 N–H and O–H groups in total. The third-order valence-corrected chi connectivity index (χ3v) is 7.20. The molecule has 3 aromatic rings. The van der Waals surface area contributed by atoms with Crippen molar-refractivity contribution < 1.29 is 22.7 Å². The van der Waals surface area contributed by atoms with Crippen molar-refractivity contribution in [2.24, 2.45) is 0 Å². The van der Waals surface area contributed by atoms with Crippen molar-refractivity contribution in [3.05, 3.63) is 46.4 Å². The van der Waals surface area contributed by atoms with E-state index in [2.05, 4.69) is 15.0 Å². The lowest BCUT2D eigenvalue weighted by Gasteiger charge is -2.18.